The van der Waals surface area contributed by atoms with Gasteiger partial charge in [-0.15, -0.1) is 0 Å². The second kappa shape index (κ2) is 7.13. The van der Waals surface area contributed by atoms with Crippen molar-refractivity contribution in [1.82, 2.24) is 19.7 Å². The maximum Gasteiger partial charge on any atom is 0.168 e. The summed E-state index contributed by atoms with van der Waals surface area (Å²) in [4.78, 5) is 8.74. The molecule has 0 amide bonds. The Kier molecular flexibility index (Phi) is 4.18. The largest absolute Gasteiger partial charge is 0.486 e. The normalized spacial score (nSPS) is 12.5. The van der Waals surface area contributed by atoms with E-state index in [1.165, 1.54) is 6.33 Å². The van der Waals surface area contributed by atoms with Crippen LogP contribution in [-0.2, 0) is 6.54 Å². The van der Waals surface area contributed by atoms with E-state index in [1.807, 2.05) is 30.3 Å². The van der Waals surface area contributed by atoms with E-state index in [4.69, 9.17) is 14.7 Å². The van der Waals surface area contributed by atoms with E-state index in [-0.39, 0.29) is 0 Å². The molecule has 8 nitrogen and oxygen atoms in total. The molecule has 3 heterocycles. The summed E-state index contributed by atoms with van der Waals surface area (Å²) in [6, 6.07) is 15.3. The number of hydrogen-bond acceptors (Lipinski definition) is 7. The lowest BCUT2D eigenvalue weighted by Crippen LogP contribution is -2.15. The number of rotatable bonds is 4. The molecule has 2 aromatic carbocycles. The molecule has 29 heavy (non-hydrogen) atoms. The van der Waals surface area contributed by atoms with Crippen molar-refractivity contribution in [1.29, 1.82) is 5.26 Å². The second-order valence-electron chi connectivity index (χ2n) is 6.51. The van der Waals surface area contributed by atoms with Gasteiger partial charge in [-0.1, -0.05) is 12.1 Å². The summed E-state index contributed by atoms with van der Waals surface area (Å²) in [6.45, 7) is 1.70. The molecule has 0 aliphatic carbocycles. The first-order valence-electron chi connectivity index (χ1n) is 9.13. The standard InChI is InChI=1S/C21H16N6O2/c22-10-14-2-1-3-16(8-14)27-21-17(12-26-27)20(24-13-25-21)23-11-15-4-5-18-19(9-15)29-7-6-28-18/h1-5,8-9,12-13H,6-7,11H2,(H,23,24,25). The molecule has 0 spiro atoms. The average molecular weight is 384 g/mol. The summed E-state index contributed by atoms with van der Waals surface area (Å²) in [5.74, 6) is 2.21. The Morgan fingerprint density at radius 2 is 1.97 bits per heavy atom. The highest BCUT2D eigenvalue weighted by atomic mass is 16.6. The van der Waals surface area contributed by atoms with Gasteiger partial charge in [0, 0.05) is 6.54 Å². The zero-order chi connectivity index (χ0) is 19.6. The van der Waals surface area contributed by atoms with Gasteiger partial charge in [0.05, 0.1) is 28.9 Å². The fourth-order valence-electron chi connectivity index (χ4n) is 3.26. The van der Waals surface area contributed by atoms with Crippen LogP contribution in [0.3, 0.4) is 0 Å². The fraction of sp³-hybridized carbons (Fsp3) is 0.143. The first-order chi connectivity index (χ1) is 14.3. The van der Waals surface area contributed by atoms with Gasteiger partial charge in [0.25, 0.3) is 0 Å². The smallest absolute Gasteiger partial charge is 0.168 e. The molecular formula is C21H16N6O2. The van der Waals surface area contributed by atoms with Crippen LogP contribution < -0.4 is 14.8 Å². The summed E-state index contributed by atoms with van der Waals surface area (Å²) in [5.41, 5.74) is 3.06. The lowest BCUT2D eigenvalue weighted by molar-refractivity contribution is 0.171. The summed E-state index contributed by atoms with van der Waals surface area (Å²) in [5, 5.41) is 17.7. The van der Waals surface area contributed by atoms with Gasteiger partial charge in [-0.05, 0) is 35.9 Å². The van der Waals surface area contributed by atoms with Crippen LogP contribution >= 0.6 is 0 Å². The predicted molar refractivity (Wildman–Crippen MR) is 106 cm³/mol. The third-order valence-corrected chi connectivity index (χ3v) is 4.65. The van der Waals surface area contributed by atoms with E-state index in [1.54, 1.807) is 23.0 Å². The number of nitrogens with zero attached hydrogens (tertiary/aromatic N) is 5. The lowest BCUT2D eigenvalue weighted by Gasteiger charge is -2.19. The van der Waals surface area contributed by atoms with Crippen LogP contribution in [0, 0.1) is 11.3 Å². The first kappa shape index (κ1) is 17.0. The van der Waals surface area contributed by atoms with Crippen molar-refractivity contribution in [3.05, 3.63) is 66.1 Å². The minimum absolute atomic E-state index is 0.558. The minimum atomic E-state index is 0.558. The lowest BCUT2D eigenvalue weighted by atomic mass is 10.2. The summed E-state index contributed by atoms with van der Waals surface area (Å²) in [6.07, 6.45) is 3.22. The van der Waals surface area contributed by atoms with Gasteiger partial charge < -0.3 is 14.8 Å². The molecule has 8 heteroatoms. The van der Waals surface area contributed by atoms with Gasteiger partial charge in [0.2, 0.25) is 0 Å². The van der Waals surface area contributed by atoms with Crippen molar-refractivity contribution < 1.29 is 9.47 Å². The number of aromatic nitrogens is 4. The minimum Gasteiger partial charge on any atom is -0.486 e. The van der Waals surface area contributed by atoms with E-state index in [9.17, 15) is 0 Å². The molecule has 0 fully saturated rings. The molecule has 0 atom stereocenters. The Labute approximate surface area is 166 Å². The van der Waals surface area contributed by atoms with Crippen LogP contribution in [0.2, 0.25) is 0 Å². The number of ether oxygens (including phenoxy) is 2. The summed E-state index contributed by atoms with van der Waals surface area (Å²) < 4.78 is 12.9. The van der Waals surface area contributed by atoms with Crippen molar-refractivity contribution in [2.24, 2.45) is 0 Å². The van der Waals surface area contributed by atoms with Gasteiger partial charge >= 0.3 is 0 Å². The third-order valence-electron chi connectivity index (χ3n) is 4.65. The van der Waals surface area contributed by atoms with E-state index in [0.29, 0.717) is 36.8 Å². The van der Waals surface area contributed by atoms with Crippen LogP contribution in [-0.4, -0.2) is 33.0 Å². The highest BCUT2D eigenvalue weighted by Gasteiger charge is 2.14. The van der Waals surface area contributed by atoms with Crippen LogP contribution in [0.4, 0.5) is 5.82 Å². The monoisotopic (exact) mass is 384 g/mol. The Morgan fingerprint density at radius 3 is 2.86 bits per heavy atom. The molecule has 5 rings (SSSR count). The van der Waals surface area contributed by atoms with E-state index in [0.717, 1.165) is 28.1 Å². The average Bonchev–Trinajstić information content (AvgIpc) is 3.22. The summed E-state index contributed by atoms with van der Waals surface area (Å²) >= 11 is 0. The van der Waals surface area contributed by atoms with Crippen molar-refractivity contribution in [2.45, 2.75) is 6.54 Å². The van der Waals surface area contributed by atoms with Crippen LogP contribution in [0.1, 0.15) is 11.1 Å². The molecule has 1 aliphatic rings. The molecule has 1 N–H and O–H groups in total. The van der Waals surface area contributed by atoms with Crippen LogP contribution in [0.15, 0.2) is 55.0 Å². The van der Waals surface area contributed by atoms with Crippen LogP contribution in [0.25, 0.3) is 16.7 Å². The maximum absolute atomic E-state index is 9.14. The highest BCUT2D eigenvalue weighted by Crippen LogP contribution is 2.31. The van der Waals surface area contributed by atoms with E-state index in [2.05, 4.69) is 26.5 Å². The van der Waals surface area contributed by atoms with Gasteiger partial charge in [-0.3, -0.25) is 0 Å². The Balaban J connectivity index is 1.43. The number of benzene rings is 2. The second-order valence-corrected chi connectivity index (χ2v) is 6.51. The Bertz CT molecular complexity index is 1240. The Morgan fingerprint density at radius 1 is 1.07 bits per heavy atom. The van der Waals surface area contributed by atoms with Crippen molar-refractivity contribution in [3.63, 3.8) is 0 Å². The number of anilines is 1. The molecule has 0 saturated heterocycles. The van der Waals surface area contributed by atoms with Crippen molar-refractivity contribution in [3.8, 4) is 23.3 Å². The number of nitrogens with one attached hydrogen (secondary N) is 1. The first-order valence-corrected chi connectivity index (χ1v) is 9.13. The van der Waals surface area contributed by atoms with E-state index < -0.39 is 0 Å². The third kappa shape index (κ3) is 3.19. The zero-order valence-corrected chi connectivity index (χ0v) is 15.4. The van der Waals surface area contributed by atoms with Crippen molar-refractivity contribution in [2.75, 3.05) is 18.5 Å². The highest BCUT2D eigenvalue weighted by molar-refractivity contribution is 5.87. The SMILES string of the molecule is N#Cc1cccc(-n2ncc3c(NCc4ccc5c(c4)OCCO5)ncnc32)c1. The molecule has 1 aliphatic heterocycles. The van der Waals surface area contributed by atoms with Gasteiger partial charge in [-0.25, -0.2) is 14.6 Å². The quantitative estimate of drug-likeness (QED) is 0.577. The van der Waals surface area contributed by atoms with Gasteiger partial charge in [0.15, 0.2) is 17.1 Å². The fourth-order valence-corrected chi connectivity index (χ4v) is 3.26. The van der Waals surface area contributed by atoms with Gasteiger partial charge in [-0.2, -0.15) is 10.4 Å². The molecule has 0 unspecified atom stereocenters. The van der Waals surface area contributed by atoms with Crippen LogP contribution in [0.5, 0.6) is 11.5 Å². The van der Waals surface area contributed by atoms with E-state index >= 15 is 0 Å². The molecule has 2 aromatic heterocycles. The molecule has 142 valence electrons. The number of nitriles is 1. The topological polar surface area (TPSA) is 97.9 Å². The number of hydrogen-bond donors (Lipinski definition) is 1. The molecule has 4 aromatic rings. The molecule has 0 bridgehead atoms. The van der Waals surface area contributed by atoms with Crippen molar-refractivity contribution >= 4 is 16.9 Å². The van der Waals surface area contributed by atoms with Gasteiger partial charge in [0.1, 0.15) is 25.4 Å². The molecular weight excluding hydrogens is 368 g/mol. The maximum atomic E-state index is 9.14. The Hall–Kier alpha value is -4.12. The molecule has 0 radical (unpaired) electrons. The summed E-state index contributed by atoms with van der Waals surface area (Å²) in [7, 11) is 0. The predicted octanol–water partition coefficient (Wildman–Crippen LogP) is 3.07. The number of fused-ring (bicyclic) bond motifs is 2. The molecule has 0 saturated carbocycles. The zero-order valence-electron chi connectivity index (χ0n) is 15.4.